The molecule has 0 aliphatic carbocycles. The molecule has 5 heteroatoms. The van der Waals surface area contributed by atoms with Crippen molar-refractivity contribution in [3.63, 3.8) is 0 Å². The zero-order valence-electron chi connectivity index (χ0n) is 10.9. The van der Waals surface area contributed by atoms with Gasteiger partial charge in [-0.15, -0.1) is 0 Å². The van der Waals surface area contributed by atoms with Gasteiger partial charge in [-0.25, -0.2) is 0 Å². The highest BCUT2D eigenvalue weighted by Crippen LogP contribution is 2.19. The third kappa shape index (κ3) is 4.59. The first-order valence-corrected chi connectivity index (χ1v) is 7.40. The molecule has 0 unspecified atom stereocenters. The summed E-state index contributed by atoms with van der Waals surface area (Å²) in [6.07, 6.45) is 4.51. The second kappa shape index (κ2) is 7.01. The summed E-state index contributed by atoms with van der Waals surface area (Å²) in [6, 6.07) is 5.57. The second-order valence-corrected chi connectivity index (χ2v) is 5.69. The van der Waals surface area contributed by atoms with Crippen molar-refractivity contribution in [2.45, 2.75) is 25.7 Å². The number of rotatable bonds is 3. The summed E-state index contributed by atoms with van der Waals surface area (Å²) < 4.78 is 0. The number of benzene rings is 1. The molecule has 1 fully saturated rings. The van der Waals surface area contributed by atoms with Gasteiger partial charge in [0.1, 0.15) is 0 Å². The molecule has 0 aromatic heterocycles. The number of piperidine rings is 1. The van der Waals surface area contributed by atoms with E-state index in [0.29, 0.717) is 22.5 Å². The van der Waals surface area contributed by atoms with E-state index in [4.69, 9.17) is 28.9 Å². The zero-order chi connectivity index (χ0) is 13.7. The quantitative estimate of drug-likeness (QED) is 0.687. The van der Waals surface area contributed by atoms with E-state index in [9.17, 15) is 0 Å². The number of hydrogen-bond donors (Lipinski definition) is 1. The number of aliphatic imine (C=N–C) groups is 1. The Bertz CT molecular complexity index is 434. The Labute approximate surface area is 124 Å². The first-order valence-electron chi connectivity index (χ1n) is 6.65. The fourth-order valence-corrected chi connectivity index (χ4v) is 2.85. The van der Waals surface area contributed by atoms with Crippen molar-refractivity contribution in [2.24, 2.45) is 10.7 Å². The van der Waals surface area contributed by atoms with Crippen LogP contribution in [0.15, 0.2) is 23.2 Å². The summed E-state index contributed by atoms with van der Waals surface area (Å²) in [6.45, 7) is 2.72. The summed E-state index contributed by atoms with van der Waals surface area (Å²) >= 11 is 11.9. The van der Waals surface area contributed by atoms with Crippen molar-refractivity contribution in [3.8, 4) is 0 Å². The zero-order valence-corrected chi connectivity index (χ0v) is 12.4. The highest BCUT2D eigenvalue weighted by atomic mass is 35.5. The lowest BCUT2D eigenvalue weighted by Crippen LogP contribution is -2.41. The van der Waals surface area contributed by atoms with E-state index in [1.54, 1.807) is 6.07 Å². The van der Waals surface area contributed by atoms with Gasteiger partial charge in [0, 0.05) is 29.7 Å². The molecule has 1 aromatic carbocycles. The van der Waals surface area contributed by atoms with Crippen LogP contribution in [0, 0.1) is 0 Å². The van der Waals surface area contributed by atoms with Gasteiger partial charge in [0.25, 0.3) is 0 Å². The number of likely N-dealkylation sites (tertiary alicyclic amines) is 1. The Morgan fingerprint density at radius 1 is 1.11 bits per heavy atom. The van der Waals surface area contributed by atoms with Gasteiger partial charge in [0.15, 0.2) is 5.96 Å². The molecule has 19 heavy (non-hydrogen) atoms. The van der Waals surface area contributed by atoms with Crippen LogP contribution in [-0.4, -0.2) is 30.5 Å². The van der Waals surface area contributed by atoms with Gasteiger partial charge in [-0.05, 0) is 49.4 Å². The Hall–Kier alpha value is -0.930. The fraction of sp³-hybridized carbons (Fsp3) is 0.500. The molecule has 2 N–H and O–H groups in total. The van der Waals surface area contributed by atoms with Crippen molar-refractivity contribution in [3.05, 3.63) is 33.8 Å². The Morgan fingerprint density at radius 3 is 2.37 bits per heavy atom. The monoisotopic (exact) mass is 299 g/mol. The van der Waals surface area contributed by atoms with Crippen molar-refractivity contribution >= 4 is 29.2 Å². The largest absolute Gasteiger partial charge is 0.370 e. The highest BCUT2D eigenvalue weighted by molar-refractivity contribution is 6.34. The molecular formula is C14H19Cl2N3. The third-order valence-corrected chi connectivity index (χ3v) is 3.71. The van der Waals surface area contributed by atoms with E-state index in [1.165, 1.54) is 19.3 Å². The van der Waals surface area contributed by atoms with E-state index in [-0.39, 0.29) is 0 Å². The highest BCUT2D eigenvalue weighted by Gasteiger charge is 2.11. The maximum Gasteiger partial charge on any atom is 0.191 e. The van der Waals surface area contributed by atoms with Crippen molar-refractivity contribution < 1.29 is 0 Å². The van der Waals surface area contributed by atoms with Crippen molar-refractivity contribution in [1.29, 1.82) is 0 Å². The molecule has 0 saturated carbocycles. The van der Waals surface area contributed by atoms with E-state index in [0.717, 1.165) is 25.1 Å². The van der Waals surface area contributed by atoms with Crippen LogP contribution in [0.1, 0.15) is 24.8 Å². The molecule has 1 saturated heterocycles. The average Bonchev–Trinajstić information content (AvgIpc) is 2.38. The molecular weight excluding hydrogens is 281 g/mol. The lowest BCUT2D eigenvalue weighted by Gasteiger charge is -2.27. The third-order valence-electron chi connectivity index (χ3n) is 3.28. The van der Waals surface area contributed by atoms with Crippen LogP contribution in [0.2, 0.25) is 10.0 Å². The van der Waals surface area contributed by atoms with Crippen LogP contribution in [0.25, 0.3) is 0 Å². The van der Waals surface area contributed by atoms with Gasteiger partial charge in [-0.2, -0.15) is 0 Å². The lowest BCUT2D eigenvalue weighted by atomic mass is 10.1. The van der Waals surface area contributed by atoms with Gasteiger partial charge in [0.2, 0.25) is 0 Å². The minimum Gasteiger partial charge on any atom is -0.370 e. The van der Waals surface area contributed by atoms with E-state index in [2.05, 4.69) is 9.89 Å². The van der Waals surface area contributed by atoms with Crippen molar-refractivity contribution in [2.75, 3.05) is 19.6 Å². The second-order valence-electron chi connectivity index (χ2n) is 4.82. The van der Waals surface area contributed by atoms with E-state index >= 15 is 0 Å². The average molecular weight is 300 g/mol. The lowest BCUT2D eigenvalue weighted by molar-refractivity contribution is 0.338. The van der Waals surface area contributed by atoms with Gasteiger partial charge in [-0.3, -0.25) is 4.99 Å². The normalized spacial score (nSPS) is 16.7. The minimum atomic E-state index is 0.660. The maximum atomic E-state index is 6.00. The standard InChI is InChI=1S/C14H19Cl2N3/c15-12-8-11(9-13(16)10-12)4-5-18-14(17)19-6-2-1-3-7-19/h8-10H,1-7H2,(H2,17,18). The Morgan fingerprint density at radius 2 is 1.74 bits per heavy atom. The SMILES string of the molecule is NC(=NCCc1cc(Cl)cc(Cl)c1)N1CCCCC1. The summed E-state index contributed by atoms with van der Waals surface area (Å²) in [5, 5.41) is 1.32. The first-order chi connectivity index (χ1) is 9.15. The number of hydrogen-bond acceptors (Lipinski definition) is 1. The molecule has 3 nitrogen and oxygen atoms in total. The molecule has 1 aromatic rings. The summed E-state index contributed by atoms with van der Waals surface area (Å²) in [7, 11) is 0. The number of nitrogens with zero attached hydrogens (tertiary/aromatic N) is 2. The number of nitrogens with two attached hydrogens (primary N) is 1. The van der Waals surface area contributed by atoms with E-state index in [1.807, 2.05) is 12.1 Å². The van der Waals surface area contributed by atoms with Crippen LogP contribution >= 0.6 is 23.2 Å². The molecule has 1 aliphatic heterocycles. The van der Waals surface area contributed by atoms with E-state index < -0.39 is 0 Å². The Kier molecular flexibility index (Phi) is 5.34. The molecule has 0 amide bonds. The molecule has 0 bridgehead atoms. The fourth-order valence-electron chi connectivity index (χ4n) is 2.28. The number of guanidine groups is 1. The van der Waals surface area contributed by atoms with Crippen LogP contribution in [0.5, 0.6) is 0 Å². The topological polar surface area (TPSA) is 41.6 Å². The molecule has 104 valence electrons. The maximum absolute atomic E-state index is 6.00. The predicted octanol–water partition coefficient (Wildman–Crippen LogP) is 3.34. The van der Waals surface area contributed by atoms with Crippen molar-refractivity contribution in [1.82, 2.24) is 4.90 Å². The molecule has 2 rings (SSSR count). The van der Waals surface area contributed by atoms with Gasteiger partial charge in [0.05, 0.1) is 0 Å². The Balaban J connectivity index is 1.87. The summed E-state index contributed by atoms with van der Waals surface area (Å²) in [4.78, 5) is 6.60. The van der Waals surface area contributed by atoms with Gasteiger partial charge < -0.3 is 10.6 Å². The summed E-state index contributed by atoms with van der Waals surface area (Å²) in [5.41, 5.74) is 7.09. The van der Waals surface area contributed by atoms with Crippen LogP contribution in [0.3, 0.4) is 0 Å². The minimum absolute atomic E-state index is 0.660. The van der Waals surface area contributed by atoms with Gasteiger partial charge in [-0.1, -0.05) is 23.2 Å². The molecule has 0 spiro atoms. The number of halogens is 2. The molecule has 1 aliphatic rings. The summed E-state index contributed by atoms with van der Waals surface area (Å²) in [5.74, 6) is 0.660. The molecule has 0 atom stereocenters. The molecule has 0 radical (unpaired) electrons. The van der Waals surface area contributed by atoms with Crippen LogP contribution < -0.4 is 5.73 Å². The van der Waals surface area contributed by atoms with Crippen LogP contribution in [0.4, 0.5) is 0 Å². The predicted molar refractivity (Wildman–Crippen MR) is 82.1 cm³/mol. The molecule has 1 heterocycles. The smallest absolute Gasteiger partial charge is 0.191 e. The first kappa shape index (κ1) is 14.5. The van der Waals surface area contributed by atoms with Crippen LogP contribution in [-0.2, 0) is 6.42 Å². The van der Waals surface area contributed by atoms with Gasteiger partial charge >= 0.3 is 0 Å².